The largest absolute Gasteiger partial charge is 0.436 e. The molecule has 9 heteroatoms. The molecule has 5 atom stereocenters. The first-order chi connectivity index (χ1) is 14.3. The van der Waals surface area contributed by atoms with Crippen molar-refractivity contribution >= 4 is 21.2 Å². The van der Waals surface area contributed by atoms with E-state index in [1.807, 2.05) is 48.5 Å². The summed E-state index contributed by atoms with van der Waals surface area (Å²) in [5, 5.41) is -1.23. The molecule has 1 saturated carbocycles. The van der Waals surface area contributed by atoms with Crippen molar-refractivity contribution < 1.29 is 38.0 Å². The molecule has 0 aromatic heterocycles. The number of carbonyl (C=O) groups is 2. The molecule has 0 aliphatic heterocycles. The van der Waals surface area contributed by atoms with E-state index in [0.717, 1.165) is 6.42 Å². The monoisotopic (exact) mass is 464 g/mol. The van der Waals surface area contributed by atoms with E-state index >= 15 is 0 Å². The highest BCUT2D eigenvalue weighted by atomic mass is 31.0. The zero-order valence-electron chi connectivity index (χ0n) is 20.3. The van der Waals surface area contributed by atoms with Gasteiger partial charge in [-0.2, -0.15) is 0 Å². The third kappa shape index (κ3) is 9.30. The third-order valence-corrected chi connectivity index (χ3v) is 5.54. The summed E-state index contributed by atoms with van der Waals surface area (Å²) in [5.74, 6) is -0.995. The number of ether oxygens (including phenoxy) is 6. The summed E-state index contributed by atoms with van der Waals surface area (Å²) in [6.07, 6.45) is 1.70. The zero-order chi connectivity index (χ0) is 23.9. The average Bonchev–Trinajstić information content (AvgIpc) is 3.40. The van der Waals surface area contributed by atoms with E-state index in [2.05, 4.69) is 9.24 Å². The van der Waals surface area contributed by atoms with Crippen molar-refractivity contribution in [3.63, 3.8) is 0 Å². The van der Waals surface area contributed by atoms with Gasteiger partial charge >= 0.3 is 11.9 Å². The van der Waals surface area contributed by atoms with Crippen LogP contribution in [0.5, 0.6) is 0 Å². The standard InChI is InChI=1S/C22H41O8P/c1-9-15(4)25-13-26-18(23)21(8,31)29-16-12-17(16)30-22(10-2,11-3)19(24)27-14-28-20(5,6)7/h15-17H,9-14,31H2,1-8H3. The fraction of sp³-hybridized carbons (Fsp3) is 0.909. The maximum Gasteiger partial charge on any atom is 0.344 e. The first kappa shape index (κ1) is 28.2. The van der Waals surface area contributed by atoms with Gasteiger partial charge < -0.3 is 28.4 Å². The van der Waals surface area contributed by atoms with Crippen LogP contribution in [0.3, 0.4) is 0 Å². The van der Waals surface area contributed by atoms with Gasteiger partial charge in [0.15, 0.2) is 24.5 Å². The smallest absolute Gasteiger partial charge is 0.344 e. The van der Waals surface area contributed by atoms with Crippen molar-refractivity contribution in [1.82, 2.24) is 0 Å². The van der Waals surface area contributed by atoms with Crippen LogP contribution in [0.1, 0.15) is 81.1 Å². The number of rotatable bonds is 14. The first-order valence-corrected chi connectivity index (χ1v) is 11.6. The van der Waals surface area contributed by atoms with Crippen LogP contribution in [0.25, 0.3) is 0 Å². The lowest BCUT2D eigenvalue weighted by atomic mass is 9.97. The number of carbonyl (C=O) groups excluding carboxylic acids is 2. The molecule has 0 heterocycles. The van der Waals surface area contributed by atoms with Crippen LogP contribution in [0.4, 0.5) is 0 Å². The molecule has 5 unspecified atom stereocenters. The molecular weight excluding hydrogens is 423 g/mol. The molecule has 0 aromatic rings. The Morgan fingerprint density at radius 1 is 0.935 bits per heavy atom. The van der Waals surface area contributed by atoms with E-state index in [0.29, 0.717) is 19.3 Å². The summed E-state index contributed by atoms with van der Waals surface area (Å²) in [7, 11) is 2.38. The van der Waals surface area contributed by atoms with Crippen molar-refractivity contribution in [1.29, 1.82) is 0 Å². The Morgan fingerprint density at radius 2 is 1.48 bits per heavy atom. The Hall–Kier alpha value is -0.790. The lowest BCUT2D eigenvalue weighted by Gasteiger charge is -2.31. The topological polar surface area (TPSA) is 89.5 Å². The summed E-state index contributed by atoms with van der Waals surface area (Å²) in [6.45, 7) is 14.7. The minimum Gasteiger partial charge on any atom is -0.436 e. The van der Waals surface area contributed by atoms with E-state index in [-0.39, 0.29) is 31.9 Å². The molecule has 1 aliphatic carbocycles. The van der Waals surface area contributed by atoms with Crippen LogP contribution in [0, 0.1) is 0 Å². The van der Waals surface area contributed by atoms with Gasteiger partial charge in [0, 0.05) is 6.42 Å². The molecule has 182 valence electrons. The maximum atomic E-state index is 12.7. The normalized spacial score (nSPS) is 21.8. The van der Waals surface area contributed by atoms with Gasteiger partial charge in [-0.25, -0.2) is 9.59 Å². The highest BCUT2D eigenvalue weighted by molar-refractivity contribution is 7.20. The molecule has 0 aromatic carbocycles. The van der Waals surface area contributed by atoms with E-state index in [1.165, 1.54) is 0 Å². The quantitative estimate of drug-likeness (QED) is 0.217. The molecule has 0 saturated heterocycles. The molecule has 0 bridgehead atoms. The minimum atomic E-state index is -1.23. The van der Waals surface area contributed by atoms with Crippen LogP contribution in [0.15, 0.2) is 0 Å². The second kappa shape index (κ2) is 11.9. The van der Waals surface area contributed by atoms with E-state index in [1.54, 1.807) is 6.92 Å². The molecule has 0 N–H and O–H groups in total. The van der Waals surface area contributed by atoms with E-state index in [9.17, 15) is 9.59 Å². The summed E-state index contributed by atoms with van der Waals surface area (Å²) in [4.78, 5) is 25.0. The molecule has 1 aliphatic rings. The van der Waals surface area contributed by atoms with Gasteiger partial charge in [0.1, 0.15) is 0 Å². The maximum absolute atomic E-state index is 12.7. The third-order valence-electron chi connectivity index (χ3n) is 5.17. The van der Waals surface area contributed by atoms with Crippen molar-refractivity contribution in [2.24, 2.45) is 0 Å². The zero-order valence-corrected chi connectivity index (χ0v) is 21.5. The summed E-state index contributed by atoms with van der Waals surface area (Å²) < 4.78 is 33.3. The van der Waals surface area contributed by atoms with Crippen LogP contribution >= 0.6 is 9.24 Å². The first-order valence-electron chi connectivity index (χ1n) is 11.0. The van der Waals surface area contributed by atoms with E-state index in [4.69, 9.17) is 28.4 Å². The van der Waals surface area contributed by atoms with Gasteiger partial charge in [0.25, 0.3) is 0 Å². The molecule has 31 heavy (non-hydrogen) atoms. The van der Waals surface area contributed by atoms with Gasteiger partial charge in [-0.05, 0) is 53.9 Å². The summed E-state index contributed by atoms with van der Waals surface area (Å²) in [5.41, 5.74) is -1.49. The van der Waals surface area contributed by atoms with Crippen LogP contribution < -0.4 is 0 Å². The summed E-state index contributed by atoms with van der Waals surface area (Å²) in [6, 6.07) is 0. The second-order valence-electron chi connectivity index (χ2n) is 9.10. The van der Waals surface area contributed by atoms with E-state index < -0.39 is 28.5 Å². The highest BCUT2D eigenvalue weighted by Gasteiger charge is 2.51. The summed E-state index contributed by atoms with van der Waals surface area (Å²) >= 11 is 0. The number of hydrogen-bond acceptors (Lipinski definition) is 8. The highest BCUT2D eigenvalue weighted by Crippen LogP contribution is 2.40. The lowest BCUT2D eigenvalue weighted by molar-refractivity contribution is -0.198. The van der Waals surface area contributed by atoms with Crippen LogP contribution in [-0.2, 0) is 38.0 Å². The number of hydrogen-bond donors (Lipinski definition) is 0. The number of esters is 2. The lowest BCUT2D eigenvalue weighted by Crippen LogP contribution is -2.44. The predicted molar refractivity (Wildman–Crippen MR) is 119 cm³/mol. The Labute approximate surface area is 189 Å². The average molecular weight is 465 g/mol. The molecule has 0 radical (unpaired) electrons. The molecule has 1 fully saturated rings. The fourth-order valence-electron chi connectivity index (χ4n) is 2.66. The fourth-order valence-corrected chi connectivity index (χ4v) is 2.92. The Balaban J connectivity index is 2.57. The van der Waals surface area contributed by atoms with Crippen LogP contribution in [-0.4, -0.2) is 60.4 Å². The van der Waals surface area contributed by atoms with Gasteiger partial charge in [-0.15, -0.1) is 0 Å². The van der Waals surface area contributed by atoms with Gasteiger partial charge in [-0.1, -0.05) is 30.0 Å². The van der Waals surface area contributed by atoms with Crippen molar-refractivity contribution in [3.8, 4) is 0 Å². The SMILES string of the molecule is CCC(C)OCOC(=O)C(C)(P)OC1CC1OC(CC)(CC)C(=O)OCOC(C)(C)C. The minimum absolute atomic E-state index is 0.00969. The van der Waals surface area contributed by atoms with Crippen LogP contribution in [0.2, 0.25) is 0 Å². The Kier molecular flexibility index (Phi) is 10.8. The van der Waals surface area contributed by atoms with Gasteiger partial charge in [0.05, 0.1) is 23.9 Å². The second-order valence-corrected chi connectivity index (χ2v) is 10.2. The van der Waals surface area contributed by atoms with Crippen molar-refractivity contribution in [3.05, 3.63) is 0 Å². The molecular formula is C22H41O8P. The molecule has 0 amide bonds. The molecule has 1 rings (SSSR count). The Bertz CT molecular complexity index is 583. The van der Waals surface area contributed by atoms with Gasteiger partial charge in [0.2, 0.25) is 0 Å². The van der Waals surface area contributed by atoms with Crippen molar-refractivity contribution in [2.45, 2.75) is 116 Å². The van der Waals surface area contributed by atoms with Gasteiger partial charge in [-0.3, -0.25) is 0 Å². The predicted octanol–water partition coefficient (Wildman–Crippen LogP) is 3.94. The van der Waals surface area contributed by atoms with Crippen molar-refractivity contribution in [2.75, 3.05) is 13.6 Å². The molecule has 0 spiro atoms. The Morgan fingerprint density at radius 3 is 2.00 bits per heavy atom. The molecule has 8 nitrogen and oxygen atoms in total.